The maximum Gasteiger partial charge on any atom is 0.313 e. The molecule has 0 aliphatic rings. The molecule has 1 N–H and O–H groups in total. The number of aryl methyl sites for hydroxylation is 1. The number of nitriles is 1. The molecule has 96 valence electrons. The van der Waals surface area contributed by atoms with Gasteiger partial charge in [0.1, 0.15) is 5.03 Å². The Morgan fingerprint density at radius 3 is 3.00 bits per heavy atom. The van der Waals surface area contributed by atoms with Gasteiger partial charge in [-0.2, -0.15) is 10.4 Å². The monoisotopic (exact) mass is 273 g/mol. The predicted octanol–water partition coefficient (Wildman–Crippen LogP) is 2.23. The molecule has 0 saturated carbocycles. The zero-order valence-electron chi connectivity index (χ0n) is 10.2. The maximum atomic E-state index is 10.6. The number of carbonyl (C=O) groups is 1. The minimum absolute atomic E-state index is 0.0247. The SMILES string of the molecule is Cc1cc(SCC(=O)O)n(-c2cccc(C#N)c2)n1. The third-order valence-corrected chi connectivity index (χ3v) is 3.34. The van der Waals surface area contributed by atoms with Crippen molar-refractivity contribution < 1.29 is 9.90 Å². The van der Waals surface area contributed by atoms with Gasteiger partial charge in [-0.1, -0.05) is 17.8 Å². The summed E-state index contributed by atoms with van der Waals surface area (Å²) >= 11 is 1.20. The molecular weight excluding hydrogens is 262 g/mol. The van der Waals surface area contributed by atoms with E-state index >= 15 is 0 Å². The fourth-order valence-corrected chi connectivity index (χ4v) is 2.40. The van der Waals surface area contributed by atoms with E-state index in [4.69, 9.17) is 10.4 Å². The second kappa shape index (κ2) is 5.59. The van der Waals surface area contributed by atoms with Gasteiger partial charge in [0, 0.05) is 0 Å². The lowest BCUT2D eigenvalue weighted by atomic mass is 10.2. The number of aromatic nitrogens is 2. The number of carboxylic acids is 1. The van der Waals surface area contributed by atoms with Gasteiger partial charge in [-0.15, -0.1) is 0 Å². The third kappa shape index (κ3) is 3.14. The fourth-order valence-electron chi connectivity index (χ4n) is 1.61. The van der Waals surface area contributed by atoms with Crippen LogP contribution in [-0.2, 0) is 4.79 Å². The molecule has 0 spiro atoms. The van der Waals surface area contributed by atoms with Crippen molar-refractivity contribution in [3.8, 4) is 11.8 Å². The molecule has 19 heavy (non-hydrogen) atoms. The Morgan fingerprint density at radius 1 is 1.53 bits per heavy atom. The largest absolute Gasteiger partial charge is 0.481 e. The van der Waals surface area contributed by atoms with E-state index in [0.717, 1.165) is 16.4 Å². The standard InChI is InChI=1S/C13H11N3O2S/c1-9-5-12(19-8-13(17)18)16(15-9)11-4-2-3-10(6-11)7-14/h2-6H,8H2,1H3,(H,17,18). The van der Waals surface area contributed by atoms with Gasteiger partial charge in [0.15, 0.2) is 0 Å². The molecule has 1 heterocycles. The minimum atomic E-state index is -0.874. The summed E-state index contributed by atoms with van der Waals surface area (Å²) in [4.78, 5) is 10.6. The molecule has 0 amide bonds. The van der Waals surface area contributed by atoms with Gasteiger partial charge in [-0.05, 0) is 31.2 Å². The smallest absolute Gasteiger partial charge is 0.313 e. The first-order chi connectivity index (χ1) is 9.10. The zero-order chi connectivity index (χ0) is 13.8. The van der Waals surface area contributed by atoms with E-state index in [9.17, 15) is 4.79 Å². The van der Waals surface area contributed by atoms with Crippen LogP contribution in [0.3, 0.4) is 0 Å². The second-order valence-corrected chi connectivity index (χ2v) is 4.88. The average molecular weight is 273 g/mol. The summed E-state index contributed by atoms with van der Waals surface area (Å²) in [6.07, 6.45) is 0. The van der Waals surface area contributed by atoms with E-state index in [1.807, 2.05) is 19.1 Å². The molecule has 0 saturated heterocycles. The van der Waals surface area contributed by atoms with Crippen molar-refractivity contribution in [2.24, 2.45) is 0 Å². The highest BCUT2D eigenvalue weighted by atomic mass is 32.2. The topological polar surface area (TPSA) is 78.9 Å². The van der Waals surface area contributed by atoms with E-state index in [2.05, 4.69) is 11.2 Å². The first-order valence-corrected chi connectivity index (χ1v) is 6.50. The Kier molecular flexibility index (Phi) is 3.88. The van der Waals surface area contributed by atoms with Crippen molar-refractivity contribution in [2.75, 3.05) is 5.75 Å². The minimum Gasteiger partial charge on any atom is -0.481 e. The van der Waals surface area contributed by atoms with Crippen molar-refractivity contribution >= 4 is 17.7 Å². The number of hydrogen-bond acceptors (Lipinski definition) is 4. The Morgan fingerprint density at radius 2 is 2.32 bits per heavy atom. The van der Waals surface area contributed by atoms with Crippen LogP contribution in [0.5, 0.6) is 0 Å². The number of nitrogens with zero attached hydrogens (tertiary/aromatic N) is 3. The zero-order valence-corrected chi connectivity index (χ0v) is 11.0. The normalized spacial score (nSPS) is 10.1. The summed E-state index contributed by atoms with van der Waals surface area (Å²) < 4.78 is 1.66. The maximum absolute atomic E-state index is 10.6. The highest BCUT2D eigenvalue weighted by Crippen LogP contribution is 2.23. The lowest BCUT2D eigenvalue weighted by Crippen LogP contribution is -2.02. The van der Waals surface area contributed by atoms with Crippen molar-refractivity contribution in [1.82, 2.24) is 9.78 Å². The Hall–Kier alpha value is -2.26. The molecular formula is C13H11N3O2S. The molecule has 2 rings (SSSR count). The van der Waals surface area contributed by atoms with E-state index in [-0.39, 0.29) is 5.75 Å². The highest BCUT2D eigenvalue weighted by molar-refractivity contribution is 7.99. The number of carboxylic acid groups (broad SMARTS) is 1. The molecule has 2 aromatic rings. The average Bonchev–Trinajstić information content (AvgIpc) is 2.77. The first kappa shape index (κ1) is 13.2. The van der Waals surface area contributed by atoms with Crippen LogP contribution < -0.4 is 0 Å². The van der Waals surface area contributed by atoms with Crippen LogP contribution in [-0.4, -0.2) is 26.6 Å². The summed E-state index contributed by atoms with van der Waals surface area (Å²) in [7, 11) is 0. The number of thioether (sulfide) groups is 1. The van der Waals surface area contributed by atoms with Crippen molar-refractivity contribution in [3.63, 3.8) is 0 Å². The van der Waals surface area contributed by atoms with Gasteiger partial charge in [0.25, 0.3) is 0 Å². The molecule has 0 atom stereocenters. The predicted molar refractivity (Wildman–Crippen MR) is 71.4 cm³/mol. The van der Waals surface area contributed by atoms with Crippen molar-refractivity contribution in [3.05, 3.63) is 41.6 Å². The highest BCUT2D eigenvalue weighted by Gasteiger charge is 2.10. The van der Waals surface area contributed by atoms with Gasteiger partial charge in [-0.25, -0.2) is 4.68 Å². The van der Waals surface area contributed by atoms with Crippen molar-refractivity contribution in [1.29, 1.82) is 5.26 Å². The summed E-state index contributed by atoms with van der Waals surface area (Å²) in [5.74, 6) is -0.899. The van der Waals surface area contributed by atoms with Gasteiger partial charge in [0.05, 0.1) is 28.8 Å². The molecule has 1 aromatic carbocycles. The molecule has 1 aromatic heterocycles. The number of aliphatic carboxylic acids is 1. The number of benzene rings is 1. The molecule has 0 aliphatic carbocycles. The van der Waals surface area contributed by atoms with Crippen LogP contribution in [0.4, 0.5) is 0 Å². The lowest BCUT2D eigenvalue weighted by molar-refractivity contribution is -0.133. The number of rotatable bonds is 4. The molecule has 0 radical (unpaired) electrons. The van der Waals surface area contributed by atoms with E-state index in [1.54, 1.807) is 22.9 Å². The van der Waals surface area contributed by atoms with E-state index < -0.39 is 5.97 Å². The quantitative estimate of drug-likeness (QED) is 0.864. The van der Waals surface area contributed by atoms with Crippen LogP contribution in [0.1, 0.15) is 11.3 Å². The molecule has 5 nitrogen and oxygen atoms in total. The molecule has 6 heteroatoms. The molecule has 0 aliphatic heterocycles. The second-order valence-electron chi connectivity index (χ2n) is 3.88. The van der Waals surface area contributed by atoms with Gasteiger partial charge in [-0.3, -0.25) is 4.79 Å². The van der Waals surface area contributed by atoms with Crippen LogP contribution in [0.25, 0.3) is 5.69 Å². The third-order valence-electron chi connectivity index (χ3n) is 2.36. The summed E-state index contributed by atoms with van der Waals surface area (Å²) in [5, 5.41) is 22.7. The van der Waals surface area contributed by atoms with Crippen molar-refractivity contribution in [2.45, 2.75) is 11.9 Å². The van der Waals surface area contributed by atoms with Crippen LogP contribution in [0, 0.1) is 18.3 Å². The summed E-state index contributed by atoms with van der Waals surface area (Å²) in [5.41, 5.74) is 2.09. The summed E-state index contributed by atoms with van der Waals surface area (Å²) in [6.45, 7) is 1.84. The molecule has 0 unspecified atom stereocenters. The van der Waals surface area contributed by atoms with Gasteiger partial charge in [0.2, 0.25) is 0 Å². The summed E-state index contributed by atoms with van der Waals surface area (Å²) in [6, 6.07) is 10.9. The molecule has 0 fully saturated rings. The number of hydrogen-bond donors (Lipinski definition) is 1. The van der Waals surface area contributed by atoms with Crippen LogP contribution in [0.15, 0.2) is 35.4 Å². The van der Waals surface area contributed by atoms with Crippen LogP contribution in [0.2, 0.25) is 0 Å². The van der Waals surface area contributed by atoms with Crippen LogP contribution >= 0.6 is 11.8 Å². The molecule has 0 bridgehead atoms. The fraction of sp³-hybridized carbons (Fsp3) is 0.154. The first-order valence-electron chi connectivity index (χ1n) is 5.52. The Balaban J connectivity index is 2.38. The van der Waals surface area contributed by atoms with E-state index in [1.165, 1.54) is 11.8 Å². The Bertz CT molecular complexity index is 658. The van der Waals surface area contributed by atoms with Gasteiger partial charge < -0.3 is 5.11 Å². The van der Waals surface area contributed by atoms with Gasteiger partial charge >= 0.3 is 5.97 Å². The van der Waals surface area contributed by atoms with E-state index in [0.29, 0.717) is 5.56 Å². The lowest BCUT2D eigenvalue weighted by Gasteiger charge is -2.06. The Labute approximate surface area is 114 Å².